The first-order chi connectivity index (χ1) is 12.9. The number of amides is 4. The summed E-state index contributed by atoms with van der Waals surface area (Å²) in [7, 11) is 0. The summed E-state index contributed by atoms with van der Waals surface area (Å²) < 4.78 is 0. The quantitative estimate of drug-likeness (QED) is 0.716. The highest BCUT2D eigenvalue weighted by Gasteiger charge is 2.23. The number of rotatable bonds is 6. The van der Waals surface area contributed by atoms with Crippen LogP contribution in [0.5, 0.6) is 0 Å². The average Bonchev–Trinajstić information content (AvgIpc) is 2.50. The van der Waals surface area contributed by atoms with Crippen molar-refractivity contribution in [1.82, 2.24) is 14.8 Å². The van der Waals surface area contributed by atoms with Gasteiger partial charge in [-0.2, -0.15) is 0 Å². The normalized spacial score (nSPS) is 11.4. The SMILES string of the molecule is Cc1nc(C)c(NC(=O)N(C(C)C)C(C)C)cc1NC(=O)N(C(C)C)C(C)C. The van der Waals surface area contributed by atoms with E-state index in [1.807, 2.05) is 69.2 Å². The summed E-state index contributed by atoms with van der Waals surface area (Å²) in [5.41, 5.74) is 2.61. The molecule has 0 bridgehead atoms. The van der Waals surface area contributed by atoms with Gasteiger partial charge in [0.25, 0.3) is 0 Å². The number of urea groups is 2. The molecule has 1 heterocycles. The topological polar surface area (TPSA) is 77.6 Å². The lowest BCUT2D eigenvalue weighted by molar-refractivity contribution is 0.177. The summed E-state index contributed by atoms with van der Waals surface area (Å²) in [5, 5.41) is 5.90. The van der Waals surface area contributed by atoms with Gasteiger partial charge in [-0.3, -0.25) is 4.98 Å². The Morgan fingerprint density at radius 1 is 0.714 bits per heavy atom. The van der Waals surface area contributed by atoms with E-state index in [0.717, 1.165) is 0 Å². The molecule has 0 radical (unpaired) electrons. The highest BCUT2D eigenvalue weighted by Crippen LogP contribution is 2.23. The summed E-state index contributed by atoms with van der Waals surface area (Å²) in [6.45, 7) is 19.6. The van der Waals surface area contributed by atoms with Crippen LogP contribution in [0.3, 0.4) is 0 Å². The Morgan fingerprint density at radius 3 is 1.25 bits per heavy atom. The van der Waals surface area contributed by atoms with E-state index in [1.165, 1.54) is 0 Å². The molecule has 0 saturated carbocycles. The van der Waals surface area contributed by atoms with Crippen LogP contribution in [0.25, 0.3) is 0 Å². The van der Waals surface area contributed by atoms with Crippen LogP contribution in [0.4, 0.5) is 21.0 Å². The maximum atomic E-state index is 12.7. The van der Waals surface area contributed by atoms with Gasteiger partial charge in [0.2, 0.25) is 0 Å². The van der Waals surface area contributed by atoms with Crippen molar-refractivity contribution in [3.63, 3.8) is 0 Å². The summed E-state index contributed by atoms with van der Waals surface area (Å²) in [5.74, 6) is 0. The molecule has 0 fully saturated rings. The van der Waals surface area contributed by atoms with Gasteiger partial charge in [0, 0.05) is 24.2 Å². The summed E-state index contributed by atoms with van der Waals surface area (Å²) in [6, 6.07) is 1.72. The Kier molecular flexibility index (Phi) is 8.27. The maximum Gasteiger partial charge on any atom is 0.322 e. The van der Waals surface area contributed by atoms with Gasteiger partial charge in [0.15, 0.2) is 0 Å². The van der Waals surface area contributed by atoms with Gasteiger partial charge in [-0.15, -0.1) is 0 Å². The van der Waals surface area contributed by atoms with Gasteiger partial charge >= 0.3 is 12.1 Å². The predicted molar refractivity (Wildman–Crippen MR) is 116 cm³/mol. The van der Waals surface area contributed by atoms with Crippen LogP contribution >= 0.6 is 0 Å². The fourth-order valence-corrected chi connectivity index (χ4v) is 3.47. The molecule has 158 valence electrons. The Bertz CT molecular complexity index is 627. The highest BCUT2D eigenvalue weighted by molar-refractivity contribution is 5.94. The minimum absolute atomic E-state index is 0.0727. The molecule has 0 aliphatic rings. The van der Waals surface area contributed by atoms with Gasteiger partial charge in [0.05, 0.1) is 22.8 Å². The van der Waals surface area contributed by atoms with E-state index < -0.39 is 0 Å². The third-order valence-electron chi connectivity index (χ3n) is 4.58. The number of hydrogen-bond acceptors (Lipinski definition) is 3. The van der Waals surface area contributed by atoms with E-state index in [4.69, 9.17) is 0 Å². The van der Waals surface area contributed by atoms with Gasteiger partial charge in [-0.05, 0) is 75.3 Å². The third kappa shape index (κ3) is 5.84. The number of anilines is 2. The van der Waals surface area contributed by atoms with Crippen molar-refractivity contribution in [3.05, 3.63) is 17.5 Å². The number of aromatic nitrogens is 1. The lowest BCUT2D eigenvalue weighted by Crippen LogP contribution is -2.45. The van der Waals surface area contributed by atoms with Crippen molar-refractivity contribution in [2.24, 2.45) is 0 Å². The van der Waals surface area contributed by atoms with Crippen LogP contribution in [-0.4, -0.2) is 51.0 Å². The second-order valence-electron chi connectivity index (χ2n) is 8.30. The molecule has 0 unspecified atom stereocenters. The Balaban J connectivity index is 3.13. The molecule has 0 aliphatic heterocycles. The Labute approximate surface area is 169 Å². The van der Waals surface area contributed by atoms with Gasteiger partial charge in [0.1, 0.15) is 0 Å². The number of nitrogens with one attached hydrogen (secondary N) is 2. The Hall–Kier alpha value is -2.31. The summed E-state index contributed by atoms with van der Waals surface area (Å²) in [4.78, 5) is 33.5. The molecule has 4 amide bonds. The van der Waals surface area contributed by atoms with Crippen LogP contribution in [0.1, 0.15) is 66.8 Å². The lowest BCUT2D eigenvalue weighted by Gasteiger charge is -2.31. The lowest BCUT2D eigenvalue weighted by atomic mass is 10.2. The largest absolute Gasteiger partial charge is 0.322 e. The van der Waals surface area contributed by atoms with Crippen molar-refractivity contribution < 1.29 is 9.59 Å². The van der Waals surface area contributed by atoms with E-state index in [0.29, 0.717) is 22.8 Å². The van der Waals surface area contributed by atoms with Crippen molar-refractivity contribution in [2.75, 3.05) is 10.6 Å². The van der Waals surface area contributed by atoms with Crippen LogP contribution in [0.2, 0.25) is 0 Å². The molecule has 0 aliphatic carbocycles. The van der Waals surface area contributed by atoms with Gasteiger partial charge < -0.3 is 20.4 Å². The third-order valence-corrected chi connectivity index (χ3v) is 4.58. The molecular weight excluding hydrogens is 354 g/mol. The summed E-state index contributed by atoms with van der Waals surface area (Å²) >= 11 is 0. The second kappa shape index (κ2) is 9.75. The zero-order valence-electron chi connectivity index (χ0n) is 19.0. The fraction of sp³-hybridized carbons (Fsp3) is 0.667. The minimum Gasteiger partial charge on any atom is -0.320 e. The zero-order valence-corrected chi connectivity index (χ0v) is 19.0. The molecule has 1 aromatic rings. The van der Waals surface area contributed by atoms with Crippen LogP contribution in [0.15, 0.2) is 6.07 Å². The molecule has 2 N–H and O–H groups in total. The van der Waals surface area contributed by atoms with Crippen LogP contribution < -0.4 is 10.6 Å². The number of hydrogen-bond donors (Lipinski definition) is 2. The van der Waals surface area contributed by atoms with Crippen LogP contribution in [-0.2, 0) is 0 Å². The zero-order chi connectivity index (χ0) is 21.8. The van der Waals surface area contributed by atoms with E-state index in [9.17, 15) is 9.59 Å². The number of pyridine rings is 1. The molecule has 7 heteroatoms. The van der Waals surface area contributed by atoms with Crippen molar-refractivity contribution in [1.29, 1.82) is 0 Å². The number of carbonyl (C=O) groups excluding carboxylic acids is 2. The van der Waals surface area contributed by atoms with E-state index in [2.05, 4.69) is 15.6 Å². The molecule has 0 saturated heterocycles. The number of nitrogens with zero attached hydrogens (tertiary/aromatic N) is 3. The minimum atomic E-state index is -0.179. The monoisotopic (exact) mass is 391 g/mol. The maximum absolute atomic E-state index is 12.7. The van der Waals surface area contributed by atoms with E-state index >= 15 is 0 Å². The Morgan fingerprint density at radius 2 is 1.00 bits per heavy atom. The molecule has 0 aromatic carbocycles. The average molecular weight is 392 g/mol. The molecule has 7 nitrogen and oxygen atoms in total. The van der Waals surface area contributed by atoms with Crippen molar-refractivity contribution >= 4 is 23.4 Å². The molecule has 0 spiro atoms. The van der Waals surface area contributed by atoms with Crippen molar-refractivity contribution in [2.45, 2.75) is 93.4 Å². The van der Waals surface area contributed by atoms with Crippen LogP contribution in [0, 0.1) is 13.8 Å². The van der Waals surface area contributed by atoms with Gasteiger partial charge in [-0.1, -0.05) is 0 Å². The molecular formula is C21H37N5O2. The van der Waals surface area contributed by atoms with Gasteiger partial charge in [-0.25, -0.2) is 9.59 Å². The molecule has 1 aromatic heterocycles. The molecule has 28 heavy (non-hydrogen) atoms. The fourth-order valence-electron chi connectivity index (χ4n) is 3.47. The van der Waals surface area contributed by atoms with Crippen molar-refractivity contribution in [3.8, 4) is 0 Å². The van der Waals surface area contributed by atoms with E-state index in [1.54, 1.807) is 15.9 Å². The number of carbonyl (C=O) groups is 2. The number of aryl methyl sites for hydroxylation is 2. The standard InChI is InChI=1S/C21H37N5O2/c1-12(2)25(13(3)4)20(27)23-18-11-19(17(10)22-16(18)9)24-21(28)26(14(5)6)15(7)8/h11-15H,1-10H3,(H,23,27)(H,24,28). The predicted octanol–water partition coefficient (Wildman–Crippen LogP) is 5.00. The smallest absolute Gasteiger partial charge is 0.320 e. The van der Waals surface area contributed by atoms with E-state index in [-0.39, 0.29) is 36.2 Å². The highest BCUT2D eigenvalue weighted by atomic mass is 16.2. The first kappa shape index (κ1) is 23.7. The summed E-state index contributed by atoms with van der Waals surface area (Å²) in [6.07, 6.45) is 0. The molecule has 1 rings (SSSR count). The second-order valence-corrected chi connectivity index (χ2v) is 8.30. The first-order valence-corrected chi connectivity index (χ1v) is 10.0. The molecule has 0 atom stereocenters. The first-order valence-electron chi connectivity index (χ1n) is 10.0.